The van der Waals surface area contributed by atoms with Gasteiger partial charge in [0, 0.05) is 42.1 Å². The zero-order valence-corrected chi connectivity index (χ0v) is 21.7. The summed E-state index contributed by atoms with van der Waals surface area (Å²) < 4.78 is 23.0. The second-order valence-corrected chi connectivity index (χ2v) is 9.55. The number of rotatable bonds is 11. The van der Waals surface area contributed by atoms with Gasteiger partial charge in [0.2, 0.25) is 0 Å². The van der Waals surface area contributed by atoms with Crippen molar-refractivity contribution in [3.05, 3.63) is 83.6 Å². The van der Waals surface area contributed by atoms with Crippen molar-refractivity contribution in [3.8, 4) is 16.9 Å². The Hall–Kier alpha value is -3.81. The van der Waals surface area contributed by atoms with E-state index in [4.69, 9.17) is 24.4 Å². The summed E-state index contributed by atoms with van der Waals surface area (Å²) in [5.41, 5.74) is 12.6. The van der Waals surface area contributed by atoms with Gasteiger partial charge in [0.05, 0.1) is 31.6 Å². The molecular weight excluding hydrogens is 480 g/mol. The minimum atomic E-state index is -0.273. The molecule has 1 aliphatic rings. The quantitative estimate of drug-likeness (QED) is 0.248. The van der Waals surface area contributed by atoms with Gasteiger partial charge in [0.15, 0.2) is 5.58 Å². The minimum absolute atomic E-state index is 0.163. The van der Waals surface area contributed by atoms with Crippen LogP contribution in [0.15, 0.2) is 71.3 Å². The highest BCUT2D eigenvalue weighted by Gasteiger charge is 2.19. The van der Waals surface area contributed by atoms with Crippen LogP contribution >= 0.6 is 0 Å². The van der Waals surface area contributed by atoms with Gasteiger partial charge in [-0.05, 0) is 54.3 Å². The number of fused-ring (bicyclic) bond motifs is 1. The first-order valence-corrected chi connectivity index (χ1v) is 13.2. The standard InChI is InChI=1S/C31H34N2O5/c1-2-36-30(34)15-24-7-3-4-9-29(24)37-19-26-20-38-31-27(26)13-25(23-8-5-6-21(12-23)16-32)14-28(31)33-17-22-10-11-35-18-22/h3-9,12-14,20,22,33H,2,10-11,15-19,32H2,1H3. The summed E-state index contributed by atoms with van der Waals surface area (Å²) in [5, 5.41) is 4.59. The van der Waals surface area contributed by atoms with E-state index in [0.29, 0.717) is 31.4 Å². The molecule has 1 aliphatic heterocycles. The Bertz CT molecular complexity index is 1390. The molecule has 3 aromatic carbocycles. The maximum atomic E-state index is 12.1. The number of carbonyl (C=O) groups excluding carboxylic acids is 1. The molecule has 1 aromatic heterocycles. The van der Waals surface area contributed by atoms with Crippen molar-refractivity contribution < 1.29 is 23.4 Å². The number of nitrogens with one attached hydrogen (secondary N) is 1. The van der Waals surface area contributed by atoms with Gasteiger partial charge in [-0.25, -0.2) is 0 Å². The van der Waals surface area contributed by atoms with E-state index in [1.54, 1.807) is 13.2 Å². The highest BCUT2D eigenvalue weighted by atomic mass is 16.5. The molecule has 0 spiro atoms. The van der Waals surface area contributed by atoms with Gasteiger partial charge in [-0.1, -0.05) is 36.4 Å². The minimum Gasteiger partial charge on any atom is -0.488 e. The van der Waals surface area contributed by atoms with E-state index in [1.807, 2.05) is 36.4 Å². The number of furan rings is 1. The number of benzene rings is 3. The number of hydrogen-bond donors (Lipinski definition) is 2. The second-order valence-electron chi connectivity index (χ2n) is 9.55. The number of ether oxygens (including phenoxy) is 3. The first-order valence-electron chi connectivity index (χ1n) is 13.2. The number of carbonyl (C=O) groups is 1. The molecule has 1 saturated heterocycles. The fraction of sp³-hybridized carbons (Fsp3) is 0.323. The predicted molar refractivity (Wildman–Crippen MR) is 148 cm³/mol. The zero-order valence-electron chi connectivity index (χ0n) is 21.7. The third kappa shape index (κ3) is 6.01. The van der Waals surface area contributed by atoms with Crippen LogP contribution in [0.3, 0.4) is 0 Å². The first kappa shape index (κ1) is 25.8. The fourth-order valence-electron chi connectivity index (χ4n) is 4.79. The molecule has 0 bridgehead atoms. The molecule has 1 unspecified atom stereocenters. The molecule has 1 atom stereocenters. The van der Waals surface area contributed by atoms with Crippen molar-refractivity contribution in [1.29, 1.82) is 0 Å². The second kappa shape index (κ2) is 12.2. The number of para-hydroxylation sites is 1. The molecule has 2 heterocycles. The predicted octanol–water partition coefficient (Wildman–Crippen LogP) is 5.69. The summed E-state index contributed by atoms with van der Waals surface area (Å²) in [7, 11) is 0. The van der Waals surface area contributed by atoms with Gasteiger partial charge >= 0.3 is 5.97 Å². The number of nitrogens with two attached hydrogens (primary N) is 1. The van der Waals surface area contributed by atoms with Gasteiger partial charge < -0.3 is 29.7 Å². The Morgan fingerprint density at radius 2 is 1.97 bits per heavy atom. The van der Waals surface area contributed by atoms with Crippen LogP contribution in [0.4, 0.5) is 5.69 Å². The summed E-state index contributed by atoms with van der Waals surface area (Å²) in [6, 6.07) is 20.1. The molecule has 7 nitrogen and oxygen atoms in total. The monoisotopic (exact) mass is 514 g/mol. The zero-order chi connectivity index (χ0) is 26.3. The molecule has 3 N–H and O–H groups in total. The normalized spacial score (nSPS) is 15.1. The highest BCUT2D eigenvalue weighted by Crippen LogP contribution is 2.35. The Balaban J connectivity index is 1.45. The lowest BCUT2D eigenvalue weighted by Crippen LogP contribution is -2.14. The van der Waals surface area contributed by atoms with Gasteiger partial charge in [-0.2, -0.15) is 0 Å². The molecule has 7 heteroatoms. The summed E-state index contributed by atoms with van der Waals surface area (Å²) in [5.74, 6) is 0.856. The maximum absolute atomic E-state index is 12.1. The third-order valence-electron chi connectivity index (χ3n) is 6.85. The molecule has 0 amide bonds. The van der Waals surface area contributed by atoms with Crippen molar-refractivity contribution >= 4 is 22.6 Å². The summed E-state index contributed by atoms with van der Waals surface area (Å²) in [6.45, 7) is 5.34. The molecule has 5 rings (SSSR count). The lowest BCUT2D eigenvalue weighted by atomic mass is 9.99. The average molecular weight is 515 g/mol. The Morgan fingerprint density at radius 3 is 2.79 bits per heavy atom. The van der Waals surface area contributed by atoms with E-state index in [0.717, 1.165) is 70.7 Å². The van der Waals surface area contributed by atoms with Gasteiger partial charge in [-0.15, -0.1) is 0 Å². The van der Waals surface area contributed by atoms with Crippen LogP contribution in [-0.4, -0.2) is 32.3 Å². The Kier molecular flexibility index (Phi) is 8.26. The fourth-order valence-corrected chi connectivity index (χ4v) is 4.79. The number of anilines is 1. The molecule has 0 radical (unpaired) electrons. The average Bonchev–Trinajstić information content (AvgIpc) is 3.61. The van der Waals surface area contributed by atoms with Crippen molar-refractivity contribution in [2.24, 2.45) is 11.7 Å². The molecule has 0 aliphatic carbocycles. The number of esters is 1. The lowest BCUT2D eigenvalue weighted by Gasteiger charge is -2.14. The lowest BCUT2D eigenvalue weighted by molar-refractivity contribution is -0.142. The van der Waals surface area contributed by atoms with Gasteiger partial charge in [0.25, 0.3) is 0 Å². The highest BCUT2D eigenvalue weighted by molar-refractivity contribution is 5.96. The summed E-state index contributed by atoms with van der Waals surface area (Å²) in [6.07, 6.45) is 2.97. The van der Waals surface area contributed by atoms with E-state index in [9.17, 15) is 4.79 Å². The van der Waals surface area contributed by atoms with Crippen molar-refractivity contribution in [2.75, 3.05) is 31.7 Å². The van der Waals surface area contributed by atoms with Crippen LogP contribution in [0.5, 0.6) is 5.75 Å². The van der Waals surface area contributed by atoms with Gasteiger partial charge in [-0.3, -0.25) is 4.79 Å². The van der Waals surface area contributed by atoms with E-state index in [2.05, 4.69) is 29.6 Å². The smallest absolute Gasteiger partial charge is 0.310 e. The first-order chi connectivity index (χ1) is 18.6. The largest absolute Gasteiger partial charge is 0.488 e. The Morgan fingerprint density at radius 1 is 1.08 bits per heavy atom. The van der Waals surface area contributed by atoms with Crippen LogP contribution in [0.1, 0.15) is 30.0 Å². The topological polar surface area (TPSA) is 96.0 Å². The van der Waals surface area contributed by atoms with Crippen molar-refractivity contribution in [3.63, 3.8) is 0 Å². The molecule has 4 aromatic rings. The summed E-state index contributed by atoms with van der Waals surface area (Å²) in [4.78, 5) is 12.1. The number of hydrogen-bond acceptors (Lipinski definition) is 7. The summed E-state index contributed by atoms with van der Waals surface area (Å²) >= 11 is 0. The van der Waals surface area contributed by atoms with Crippen LogP contribution in [0.2, 0.25) is 0 Å². The van der Waals surface area contributed by atoms with Crippen LogP contribution in [0, 0.1) is 5.92 Å². The third-order valence-corrected chi connectivity index (χ3v) is 6.85. The van der Waals surface area contributed by atoms with Crippen LogP contribution < -0.4 is 15.8 Å². The van der Waals surface area contributed by atoms with E-state index >= 15 is 0 Å². The van der Waals surface area contributed by atoms with Crippen LogP contribution in [0.25, 0.3) is 22.1 Å². The van der Waals surface area contributed by atoms with E-state index in [1.165, 1.54) is 0 Å². The SMILES string of the molecule is CCOC(=O)Cc1ccccc1OCc1coc2c(NCC3CCOC3)cc(-c3cccc(CN)c3)cc12. The van der Waals surface area contributed by atoms with E-state index in [-0.39, 0.29) is 12.4 Å². The molecule has 1 fully saturated rings. The van der Waals surface area contributed by atoms with Crippen molar-refractivity contribution in [2.45, 2.75) is 32.9 Å². The molecule has 38 heavy (non-hydrogen) atoms. The van der Waals surface area contributed by atoms with Crippen molar-refractivity contribution in [1.82, 2.24) is 0 Å². The maximum Gasteiger partial charge on any atom is 0.310 e. The molecule has 0 saturated carbocycles. The van der Waals surface area contributed by atoms with Crippen LogP contribution in [-0.2, 0) is 33.8 Å². The molecule has 198 valence electrons. The van der Waals surface area contributed by atoms with Gasteiger partial charge in [0.1, 0.15) is 12.4 Å². The van der Waals surface area contributed by atoms with E-state index < -0.39 is 0 Å². The Labute approximate surface area is 222 Å². The molecular formula is C31H34N2O5.